The summed E-state index contributed by atoms with van der Waals surface area (Å²) in [4.78, 5) is 0. The van der Waals surface area contributed by atoms with Crippen molar-refractivity contribution in [3.63, 3.8) is 0 Å². The van der Waals surface area contributed by atoms with Gasteiger partial charge in [0, 0.05) is 11.6 Å². The van der Waals surface area contributed by atoms with Gasteiger partial charge in [-0.25, -0.2) is 0 Å². The first-order valence-corrected chi connectivity index (χ1v) is 6.07. The second-order valence-corrected chi connectivity index (χ2v) is 4.42. The van der Waals surface area contributed by atoms with Crippen molar-refractivity contribution in [3.05, 3.63) is 34.3 Å². The van der Waals surface area contributed by atoms with Crippen LogP contribution < -0.4 is 5.32 Å². The zero-order valence-electron chi connectivity index (χ0n) is 9.94. The molecule has 0 heterocycles. The maximum Gasteiger partial charge on any atom is 0.0902 e. The van der Waals surface area contributed by atoms with Gasteiger partial charge in [0.2, 0.25) is 0 Å². The van der Waals surface area contributed by atoms with E-state index in [1.165, 1.54) is 18.4 Å². The summed E-state index contributed by atoms with van der Waals surface area (Å²) in [5, 5.41) is 11.1. The average Bonchev–Trinajstić information content (AvgIpc) is 2.25. The summed E-state index contributed by atoms with van der Waals surface area (Å²) in [5.74, 6) is 0.478. The minimum atomic E-state index is 0.478. The Kier molecular flexibility index (Phi) is 5.33. The molecule has 1 aromatic rings. The molecule has 16 heavy (non-hydrogen) atoms. The van der Waals surface area contributed by atoms with Crippen molar-refractivity contribution in [2.45, 2.75) is 39.7 Å². The van der Waals surface area contributed by atoms with Gasteiger partial charge in [0.15, 0.2) is 0 Å². The van der Waals surface area contributed by atoms with E-state index in [0.29, 0.717) is 12.4 Å². The first-order chi connectivity index (χ1) is 7.63. The van der Waals surface area contributed by atoms with Crippen LogP contribution in [0.25, 0.3) is 0 Å². The predicted molar refractivity (Wildman–Crippen MR) is 70.3 cm³/mol. The van der Waals surface area contributed by atoms with Crippen molar-refractivity contribution < 1.29 is 0 Å². The largest absolute Gasteiger partial charge is 0.370 e. The normalized spacial score (nSPS) is 10.2. The van der Waals surface area contributed by atoms with Crippen LogP contribution in [-0.2, 0) is 13.0 Å². The lowest BCUT2D eigenvalue weighted by molar-refractivity contribution is 0.794. The summed E-state index contributed by atoms with van der Waals surface area (Å²) in [7, 11) is 0. The maximum absolute atomic E-state index is 7.29. The number of amidine groups is 1. The molecule has 1 rings (SSSR count). The molecule has 0 unspecified atom stereocenters. The van der Waals surface area contributed by atoms with Crippen LogP contribution in [0.15, 0.2) is 18.2 Å². The summed E-state index contributed by atoms with van der Waals surface area (Å²) in [5.41, 5.74) is 2.34. The van der Waals surface area contributed by atoms with Gasteiger partial charge in [0.1, 0.15) is 0 Å². The molecule has 0 spiro atoms. The molecule has 0 aliphatic heterocycles. The highest BCUT2D eigenvalue weighted by molar-refractivity contribution is 6.31. The number of unbranched alkanes of at least 4 members (excludes halogenated alkanes) is 1. The molecule has 0 aromatic heterocycles. The summed E-state index contributed by atoms with van der Waals surface area (Å²) in [6.45, 7) is 4.58. The van der Waals surface area contributed by atoms with Crippen molar-refractivity contribution in [2.75, 3.05) is 0 Å². The van der Waals surface area contributed by atoms with Gasteiger partial charge in [-0.3, -0.25) is 5.41 Å². The molecule has 2 N–H and O–H groups in total. The van der Waals surface area contributed by atoms with E-state index in [4.69, 9.17) is 17.0 Å². The van der Waals surface area contributed by atoms with Crippen LogP contribution in [-0.4, -0.2) is 5.84 Å². The number of hydrogen-bond acceptors (Lipinski definition) is 1. The van der Waals surface area contributed by atoms with Crippen LogP contribution in [0.2, 0.25) is 5.02 Å². The number of rotatable bonds is 5. The van der Waals surface area contributed by atoms with Crippen LogP contribution in [0.4, 0.5) is 0 Å². The number of benzene rings is 1. The molecular weight excluding hydrogens is 220 g/mol. The maximum atomic E-state index is 7.29. The molecule has 2 nitrogen and oxygen atoms in total. The molecule has 88 valence electrons. The Morgan fingerprint density at radius 3 is 2.75 bits per heavy atom. The van der Waals surface area contributed by atoms with Crippen LogP contribution in [0.3, 0.4) is 0 Å². The highest BCUT2D eigenvalue weighted by Gasteiger charge is 2.01. The Hall–Kier alpha value is -1.02. The van der Waals surface area contributed by atoms with E-state index in [0.717, 1.165) is 17.0 Å². The van der Waals surface area contributed by atoms with E-state index in [9.17, 15) is 0 Å². The Labute approximate surface area is 103 Å². The van der Waals surface area contributed by atoms with Crippen LogP contribution >= 0.6 is 11.6 Å². The Morgan fingerprint density at radius 1 is 1.44 bits per heavy atom. The lowest BCUT2D eigenvalue weighted by atomic mass is 10.1. The Balaban J connectivity index is 2.63. The molecule has 0 radical (unpaired) electrons. The van der Waals surface area contributed by atoms with Gasteiger partial charge >= 0.3 is 0 Å². The van der Waals surface area contributed by atoms with Crippen molar-refractivity contribution in [2.24, 2.45) is 0 Å². The standard InChI is InChI=1S/C13H19ClN2/c1-3-4-5-12-7-6-11(8-13(12)14)9-16-10(2)15/h6-8H,3-5,9H2,1-2H3,(H2,15,16). The van der Waals surface area contributed by atoms with Gasteiger partial charge < -0.3 is 5.32 Å². The fourth-order valence-corrected chi connectivity index (χ4v) is 1.80. The molecular formula is C13H19ClN2. The van der Waals surface area contributed by atoms with E-state index in [-0.39, 0.29) is 0 Å². The first kappa shape index (κ1) is 13.0. The van der Waals surface area contributed by atoms with E-state index in [2.05, 4.69) is 24.4 Å². The zero-order valence-corrected chi connectivity index (χ0v) is 10.7. The Bertz CT molecular complexity index is 361. The van der Waals surface area contributed by atoms with Crippen LogP contribution in [0.1, 0.15) is 37.8 Å². The fourth-order valence-electron chi connectivity index (χ4n) is 1.51. The van der Waals surface area contributed by atoms with E-state index >= 15 is 0 Å². The van der Waals surface area contributed by atoms with Crippen molar-refractivity contribution in [1.29, 1.82) is 5.41 Å². The molecule has 0 amide bonds. The molecule has 0 atom stereocenters. The summed E-state index contributed by atoms with van der Waals surface area (Å²) in [6.07, 6.45) is 3.41. The third-order valence-electron chi connectivity index (χ3n) is 2.47. The number of aryl methyl sites for hydroxylation is 1. The van der Waals surface area contributed by atoms with Gasteiger partial charge in [0.25, 0.3) is 0 Å². The SMILES string of the molecule is CCCCc1ccc(CNC(C)=N)cc1Cl. The van der Waals surface area contributed by atoms with Gasteiger partial charge in [0.05, 0.1) is 5.84 Å². The minimum Gasteiger partial charge on any atom is -0.370 e. The van der Waals surface area contributed by atoms with Crippen molar-refractivity contribution in [1.82, 2.24) is 5.32 Å². The topological polar surface area (TPSA) is 35.9 Å². The third kappa shape index (κ3) is 4.23. The van der Waals surface area contributed by atoms with Crippen molar-refractivity contribution in [3.8, 4) is 0 Å². The number of hydrogen-bond donors (Lipinski definition) is 2. The third-order valence-corrected chi connectivity index (χ3v) is 2.83. The van der Waals surface area contributed by atoms with E-state index in [1.54, 1.807) is 6.92 Å². The average molecular weight is 239 g/mol. The van der Waals surface area contributed by atoms with E-state index < -0.39 is 0 Å². The highest BCUT2D eigenvalue weighted by Crippen LogP contribution is 2.19. The zero-order chi connectivity index (χ0) is 12.0. The first-order valence-electron chi connectivity index (χ1n) is 5.69. The summed E-state index contributed by atoms with van der Waals surface area (Å²) < 4.78 is 0. The molecule has 1 aromatic carbocycles. The lowest BCUT2D eigenvalue weighted by Gasteiger charge is -2.08. The Morgan fingerprint density at radius 2 is 2.19 bits per heavy atom. The molecule has 0 bridgehead atoms. The highest BCUT2D eigenvalue weighted by atomic mass is 35.5. The second kappa shape index (κ2) is 6.54. The molecule has 0 fully saturated rings. The van der Waals surface area contributed by atoms with Gasteiger partial charge in [-0.15, -0.1) is 0 Å². The predicted octanol–water partition coefficient (Wildman–Crippen LogP) is 3.77. The van der Waals surface area contributed by atoms with Crippen LogP contribution in [0.5, 0.6) is 0 Å². The number of nitrogens with one attached hydrogen (secondary N) is 2. The molecule has 0 saturated heterocycles. The molecule has 0 aliphatic carbocycles. The molecule has 0 saturated carbocycles. The fraction of sp³-hybridized carbons (Fsp3) is 0.462. The summed E-state index contributed by atoms with van der Waals surface area (Å²) in [6, 6.07) is 6.16. The van der Waals surface area contributed by atoms with Crippen molar-refractivity contribution >= 4 is 17.4 Å². The minimum absolute atomic E-state index is 0.478. The smallest absolute Gasteiger partial charge is 0.0902 e. The lowest BCUT2D eigenvalue weighted by Crippen LogP contribution is -2.18. The monoisotopic (exact) mass is 238 g/mol. The number of halogens is 1. The summed E-state index contributed by atoms with van der Waals surface area (Å²) >= 11 is 6.20. The molecule has 0 aliphatic rings. The van der Waals surface area contributed by atoms with Gasteiger partial charge in [-0.1, -0.05) is 37.1 Å². The quantitative estimate of drug-likeness (QED) is 0.595. The second-order valence-electron chi connectivity index (χ2n) is 4.01. The molecule has 3 heteroatoms. The van der Waals surface area contributed by atoms with E-state index in [1.807, 2.05) is 6.07 Å². The van der Waals surface area contributed by atoms with Gasteiger partial charge in [-0.2, -0.15) is 0 Å². The van der Waals surface area contributed by atoms with Gasteiger partial charge in [-0.05, 0) is 37.0 Å². The van der Waals surface area contributed by atoms with Crippen LogP contribution in [0, 0.1) is 5.41 Å².